The molecule has 0 spiro atoms. The van der Waals surface area contributed by atoms with E-state index in [1.165, 1.54) is 12.3 Å². The van der Waals surface area contributed by atoms with Crippen LogP contribution >= 0.6 is 0 Å². The molecule has 6 heteroatoms. The highest BCUT2D eigenvalue weighted by Gasteiger charge is 2.50. The smallest absolute Gasteiger partial charge is 0.258 e. The normalized spacial score (nSPS) is 21.9. The largest absolute Gasteiger partial charge is 0.322 e. The third-order valence-electron chi connectivity index (χ3n) is 4.80. The fourth-order valence-electron chi connectivity index (χ4n) is 3.40. The number of hydrogen-bond acceptors (Lipinski definition) is 3. The number of rotatable bonds is 3. The minimum absolute atomic E-state index is 0.0541. The van der Waals surface area contributed by atoms with Crippen molar-refractivity contribution < 1.29 is 14.0 Å². The zero-order chi connectivity index (χ0) is 17.5. The standard InChI is InChI=1S/C18H20FN3O2/c1-4-22-15-9-11(5-6-13(15)18(2,3)17(22)24)21-16(23)12-7-8-20-10-14(12)19/h5,7-10,13H,4,6H2,1-3H3,(H,21,23). The molecule has 1 N–H and O–H groups in total. The molecule has 0 saturated carbocycles. The number of carbonyl (C=O) groups excluding carboxylic acids is 2. The highest BCUT2D eigenvalue weighted by atomic mass is 19.1. The number of halogens is 1. The predicted octanol–water partition coefficient (Wildman–Crippen LogP) is 2.63. The highest BCUT2D eigenvalue weighted by Crippen LogP contribution is 2.47. The molecule has 1 aliphatic heterocycles. The quantitative estimate of drug-likeness (QED) is 0.927. The van der Waals surface area contributed by atoms with E-state index in [1.807, 2.05) is 32.9 Å². The third-order valence-corrected chi connectivity index (χ3v) is 4.80. The lowest BCUT2D eigenvalue weighted by atomic mass is 9.76. The number of pyridine rings is 1. The lowest BCUT2D eigenvalue weighted by molar-refractivity contribution is -0.134. The van der Waals surface area contributed by atoms with Crippen LogP contribution in [0, 0.1) is 17.2 Å². The lowest BCUT2D eigenvalue weighted by Crippen LogP contribution is -2.31. The van der Waals surface area contributed by atoms with Crippen molar-refractivity contribution in [2.75, 3.05) is 6.54 Å². The van der Waals surface area contributed by atoms with Gasteiger partial charge in [-0.1, -0.05) is 19.9 Å². The van der Waals surface area contributed by atoms with E-state index >= 15 is 0 Å². The van der Waals surface area contributed by atoms with Gasteiger partial charge in [0.2, 0.25) is 5.91 Å². The van der Waals surface area contributed by atoms with Crippen LogP contribution in [0.15, 0.2) is 42.0 Å². The number of allylic oxidation sites excluding steroid dienone is 3. The molecule has 1 aromatic rings. The Hall–Kier alpha value is -2.50. The number of nitrogens with zero attached hydrogens (tertiary/aromatic N) is 2. The van der Waals surface area contributed by atoms with Gasteiger partial charge in [-0.3, -0.25) is 14.6 Å². The van der Waals surface area contributed by atoms with Gasteiger partial charge in [0.05, 0.1) is 17.2 Å². The summed E-state index contributed by atoms with van der Waals surface area (Å²) in [6, 6.07) is 1.34. The second-order valence-corrected chi connectivity index (χ2v) is 6.60. The van der Waals surface area contributed by atoms with Gasteiger partial charge in [-0.2, -0.15) is 0 Å². The van der Waals surface area contributed by atoms with Crippen LogP contribution in [0.25, 0.3) is 0 Å². The zero-order valence-electron chi connectivity index (χ0n) is 14.0. The van der Waals surface area contributed by atoms with Crippen LogP contribution in [0.4, 0.5) is 4.39 Å². The van der Waals surface area contributed by atoms with Crippen molar-refractivity contribution in [1.82, 2.24) is 15.2 Å². The van der Waals surface area contributed by atoms with Gasteiger partial charge >= 0.3 is 0 Å². The van der Waals surface area contributed by atoms with Gasteiger partial charge in [0, 0.05) is 30.1 Å². The number of likely N-dealkylation sites (tertiary alicyclic amines) is 1. The molecule has 1 fully saturated rings. The molecule has 1 unspecified atom stereocenters. The molecule has 0 bridgehead atoms. The molecule has 3 rings (SSSR count). The van der Waals surface area contributed by atoms with Crippen LogP contribution < -0.4 is 5.32 Å². The van der Waals surface area contributed by atoms with Gasteiger partial charge in [0.1, 0.15) is 0 Å². The van der Waals surface area contributed by atoms with Crippen molar-refractivity contribution in [1.29, 1.82) is 0 Å². The van der Waals surface area contributed by atoms with Crippen molar-refractivity contribution in [3.63, 3.8) is 0 Å². The second kappa shape index (κ2) is 5.85. The molecule has 2 heterocycles. The zero-order valence-corrected chi connectivity index (χ0v) is 14.0. The van der Waals surface area contributed by atoms with Gasteiger partial charge in [-0.25, -0.2) is 4.39 Å². The average Bonchev–Trinajstić information content (AvgIpc) is 2.74. The highest BCUT2D eigenvalue weighted by molar-refractivity contribution is 5.96. The van der Waals surface area contributed by atoms with Crippen molar-refractivity contribution in [2.24, 2.45) is 11.3 Å². The van der Waals surface area contributed by atoms with Crippen molar-refractivity contribution in [2.45, 2.75) is 27.2 Å². The van der Waals surface area contributed by atoms with Crippen molar-refractivity contribution >= 4 is 11.8 Å². The molecule has 126 valence electrons. The Morgan fingerprint density at radius 2 is 2.25 bits per heavy atom. The topological polar surface area (TPSA) is 62.3 Å². The maximum atomic E-state index is 13.7. The fourth-order valence-corrected chi connectivity index (χ4v) is 3.40. The Morgan fingerprint density at radius 1 is 1.50 bits per heavy atom. The Labute approximate surface area is 140 Å². The van der Waals surface area contributed by atoms with E-state index in [-0.39, 0.29) is 17.4 Å². The molecule has 1 atom stereocenters. The lowest BCUT2D eigenvalue weighted by Gasteiger charge is -2.26. The Morgan fingerprint density at radius 3 is 2.92 bits per heavy atom. The first-order valence-corrected chi connectivity index (χ1v) is 8.00. The third kappa shape index (κ3) is 2.52. The molecule has 2 aliphatic rings. The number of aromatic nitrogens is 1. The molecule has 1 aromatic heterocycles. The van der Waals surface area contributed by atoms with Crippen LogP contribution in [0.2, 0.25) is 0 Å². The van der Waals surface area contributed by atoms with Crippen LogP contribution in [0.1, 0.15) is 37.6 Å². The Bertz CT molecular complexity index is 767. The minimum atomic E-state index is -0.663. The number of amides is 2. The van der Waals surface area contributed by atoms with E-state index in [2.05, 4.69) is 10.3 Å². The number of nitrogens with one attached hydrogen (secondary N) is 1. The molecule has 0 aromatic carbocycles. The number of carbonyl (C=O) groups is 2. The van der Waals surface area contributed by atoms with Crippen LogP contribution in [-0.4, -0.2) is 28.2 Å². The summed E-state index contributed by atoms with van der Waals surface area (Å²) in [5, 5.41) is 2.72. The first-order valence-electron chi connectivity index (χ1n) is 8.00. The van der Waals surface area contributed by atoms with Gasteiger partial charge in [0.15, 0.2) is 5.82 Å². The second-order valence-electron chi connectivity index (χ2n) is 6.60. The van der Waals surface area contributed by atoms with Gasteiger partial charge in [-0.05, 0) is 25.5 Å². The molecule has 2 amide bonds. The SMILES string of the molecule is CCN1C(=O)C(C)(C)C2CC=C(NC(=O)c3ccncc3F)C=C21. The monoisotopic (exact) mass is 329 g/mol. The number of fused-ring (bicyclic) bond motifs is 1. The summed E-state index contributed by atoms with van der Waals surface area (Å²) in [5.74, 6) is -0.988. The molecular formula is C18H20FN3O2. The maximum Gasteiger partial charge on any atom is 0.258 e. The predicted molar refractivity (Wildman–Crippen MR) is 87.1 cm³/mol. The van der Waals surface area contributed by atoms with E-state index in [4.69, 9.17) is 0 Å². The summed E-state index contributed by atoms with van der Waals surface area (Å²) < 4.78 is 13.7. The summed E-state index contributed by atoms with van der Waals surface area (Å²) in [6.07, 6.45) is 6.75. The van der Waals surface area contributed by atoms with E-state index < -0.39 is 17.1 Å². The molecule has 0 radical (unpaired) electrons. The first-order chi connectivity index (χ1) is 11.4. The number of hydrogen-bond donors (Lipinski definition) is 1. The molecular weight excluding hydrogens is 309 g/mol. The molecule has 1 aliphatic carbocycles. The van der Waals surface area contributed by atoms with Gasteiger partial charge in [-0.15, -0.1) is 0 Å². The summed E-state index contributed by atoms with van der Waals surface area (Å²) in [6.45, 7) is 6.42. The van der Waals surface area contributed by atoms with Crippen molar-refractivity contribution in [3.05, 3.63) is 53.4 Å². The van der Waals surface area contributed by atoms with E-state index in [9.17, 15) is 14.0 Å². The fraction of sp³-hybridized carbons (Fsp3) is 0.389. The minimum Gasteiger partial charge on any atom is -0.322 e. The molecule has 1 saturated heterocycles. The van der Waals surface area contributed by atoms with E-state index in [0.717, 1.165) is 11.9 Å². The Balaban J connectivity index is 1.84. The Kier molecular flexibility index (Phi) is 3.99. The van der Waals surface area contributed by atoms with Crippen molar-refractivity contribution in [3.8, 4) is 0 Å². The summed E-state index contributed by atoms with van der Waals surface area (Å²) >= 11 is 0. The maximum absolute atomic E-state index is 13.7. The van der Waals surface area contributed by atoms with Crippen LogP contribution in [0.5, 0.6) is 0 Å². The summed E-state index contributed by atoms with van der Waals surface area (Å²) in [7, 11) is 0. The molecule has 5 nitrogen and oxygen atoms in total. The van der Waals surface area contributed by atoms with E-state index in [0.29, 0.717) is 18.7 Å². The first kappa shape index (κ1) is 16.4. The average molecular weight is 329 g/mol. The molecule has 24 heavy (non-hydrogen) atoms. The van der Waals surface area contributed by atoms with E-state index in [1.54, 1.807) is 4.90 Å². The van der Waals surface area contributed by atoms with Gasteiger partial charge < -0.3 is 10.2 Å². The van der Waals surface area contributed by atoms with Gasteiger partial charge in [0.25, 0.3) is 5.91 Å². The van der Waals surface area contributed by atoms with Crippen LogP contribution in [0.3, 0.4) is 0 Å². The van der Waals surface area contributed by atoms with Crippen LogP contribution in [-0.2, 0) is 4.79 Å². The summed E-state index contributed by atoms with van der Waals surface area (Å²) in [5.41, 5.74) is 0.999. The summed E-state index contributed by atoms with van der Waals surface area (Å²) in [4.78, 5) is 30.2.